The molecule has 0 aliphatic heterocycles. The summed E-state index contributed by atoms with van der Waals surface area (Å²) in [7, 11) is 0. The number of fused-ring (bicyclic) bond motifs is 1. The van der Waals surface area contributed by atoms with E-state index in [1.54, 1.807) is 16.7 Å². The van der Waals surface area contributed by atoms with Crippen LogP contribution >= 0.6 is 34.2 Å². The number of nitrogens with zero attached hydrogens (tertiary/aromatic N) is 4. The molecule has 2 aromatic heterocycles. The van der Waals surface area contributed by atoms with Crippen LogP contribution in [0.25, 0.3) is 33.7 Å². The van der Waals surface area contributed by atoms with Gasteiger partial charge >= 0.3 is 0 Å². The van der Waals surface area contributed by atoms with Crippen molar-refractivity contribution in [1.82, 2.24) is 19.7 Å². The van der Waals surface area contributed by atoms with Gasteiger partial charge in [0.05, 0.1) is 10.9 Å². The summed E-state index contributed by atoms with van der Waals surface area (Å²) in [4.78, 5) is 18.5. The summed E-state index contributed by atoms with van der Waals surface area (Å²) < 4.78 is 8.51. The van der Waals surface area contributed by atoms with E-state index < -0.39 is 6.04 Å². The van der Waals surface area contributed by atoms with Crippen molar-refractivity contribution in [3.63, 3.8) is 0 Å². The molecular formula is C24H16ClIN4O2. The van der Waals surface area contributed by atoms with E-state index in [1.807, 2.05) is 67.6 Å². The lowest BCUT2D eigenvalue weighted by molar-refractivity contribution is 0.433. The molecular weight excluding hydrogens is 539 g/mol. The molecule has 0 radical (unpaired) electrons. The maximum atomic E-state index is 13.6. The Morgan fingerprint density at radius 2 is 1.72 bits per heavy atom. The summed E-state index contributed by atoms with van der Waals surface area (Å²) in [5, 5.41) is 9.55. The Balaban J connectivity index is 1.70. The Bertz CT molecular complexity index is 1480. The maximum Gasteiger partial charge on any atom is 0.262 e. The van der Waals surface area contributed by atoms with Crippen LogP contribution in [0.15, 0.2) is 82.0 Å². The number of halogens is 2. The second-order valence-electron chi connectivity index (χ2n) is 7.27. The van der Waals surface area contributed by atoms with Gasteiger partial charge in [-0.2, -0.15) is 0 Å². The molecule has 0 spiro atoms. The number of aromatic nitrogens is 4. The molecule has 2 heterocycles. The van der Waals surface area contributed by atoms with Crippen LogP contribution in [0.4, 0.5) is 0 Å². The zero-order valence-electron chi connectivity index (χ0n) is 16.9. The molecule has 8 heteroatoms. The van der Waals surface area contributed by atoms with E-state index in [0.717, 1.165) is 14.7 Å². The average Bonchev–Trinajstić information content (AvgIpc) is 3.31. The van der Waals surface area contributed by atoms with Crippen molar-refractivity contribution in [2.24, 2.45) is 0 Å². The van der Waals surface area contributed by atoms with Crippen LogP contribution in [0.3, 0.4) is 0 Å². The van der Waals surface area contributed by atoms with Gasteiger partial charge in [-0.05, 0) is 84.1 Å². The normalized spacial score (nSPS) is 12.2. The van der Waals surface area contributed by atoms with Gasteiger partial charge in [0, 0.05) is 19.7 Å². The number of hydrogen-bond acceptors (Lipinski definition) is 5. The van der Waals surface area contributed by atoms with Crippen LogP contribution in [-0.2, 0) is 0 Å². The molecule has 0 aliphatic rings. The maximum absolute atomic E-state index is 13.6. The summed E-state index contributed by atoms with van der Waals surface area (Å²) in [6.45, 7) is 1.85. The predicted molar refractivity (Wildman–Crippen MR) is 133 cm³/mol. The highest BCUT2D eigenvalue weighted by Gasteiger charge is 2.23. The van der Waals surface area contributed by atoms with E-state index in [0.29, 0.717) is 33.5 Å². The molecule has 6 nitrogen and oxygen atoms in total. The average molecular weight is 555 g/mol. The number of benzene rings is 3. The molecule has 0 bridgehead atoms. The number of hydrogen-bond donors (Lipinski definition) is 0. The summed E-state index contributed by atoms with van der Waals surface area (Å²) in [6, 6.07) is 21.8. The van der Waals surface area contributed by atoms with Crippen molar-refractivity contribution in [3.8, 4) is 22.8 Å². The van der Waals surface area contributed by atoms with Crippen LogP contribution in [0, 0.1) is 3.57 Å². The highest BCUT2D eigenvalue weighted by atomic mass is 127. The van der Waals surface area contributed by atoms with E-state index in [-0.39, 0.29) is 5.56 Å². The smallest absolute Gasteiger partial charge is 0.262 e. The first-order valence-corrected chi connectivity index (χ1v) is 11.3. The second kappa shape index (κ2) is 8.48. The Morgan fingerprint density at radius 1 is 0.969 bits per heavy atom. The van der Waals surface area contributed by atoms with Crippen LogP contribution < -0.4 is 5.56 Å². The van der Waals surface area contributed by atoms with Gasteiger partial charge in [0.2, 0.25) is 11.8 Å². The zero-order chi connectivity index (χ0) is 22.2. The van der Waals surface area contributed by atoms with E-state index in [9.17, 15) is 4.79 Å². The van der Waals surface area contributed by atoms with E-state index in [1.165, 1.54) is 0 Å². The lowest BCUT2D eigenvalue weighted by atomic mass is 10.1. The Morgan fingerprint density at radius 3 is 2.47 bits per heavy atom. The molecule has 32 heavy (non-hydrogen) atoms. The van der Waals surface area contributed by atoms with E-state index in [2.05, 4.69) is 32.8 Å². The molecule has 0 N–H and O–H groups in total. The van der Waals surface area contributed by atoms with Crippen LogP contribution in [0.2, 0.25) is 5.02 Å². The fourth-order valence-corrected chi connectivity index (χ4v) is 4.16. The molecule has 5 rings (SSSR count). The van der Waals surface area contributed by atoms with Gasteiger partial charge in [0.1, 0.15) is 11.9 Å². The third kappa shape index (κ3) is 3.82. The third-order valence-corrected chi connectivity index (χ3v) is 6.09. The standard InChI is InChI=1S/C24H16ClIN4O2/c1-14(22-28-29-23(32-22)16-5-3-2-4-6-16)30-21(15-7-9-17(25)10-8-15)27-20-12-11-18(26)13-19(20)24(30)31/h2-14H,1H3. The summed E-state index contributed by atoms with van der Waals surface area (Å²) >= 11 is 8.27. The fraction of sp³-hybridized carbons (Fsp3) is 0.0833. The predicted octanol–water partition coefficient (Wildman–Crippen LogP) is 5.98. The van der Waals surface area contributed by atoms with E-state index >= 15 is 0 Å². The minimum absolute atomic E-state index is 0.176. The van der Waals surface area contributed by atoms with E-state index in [4.69, 9.17) is 21.0 Å². The quantitative estimate of drug-likeness (QED) is 0.256. The Hall–Kier alpha value is -3.04. The molecule has 3 aromatic carbocycles. The first kappa shape index (κ1) is 20.8. The molecule has 0 fully saturated rings. The zero-order valence-corrected chi connectivity index (χ0v) is 19.8. The van der Waals surface area contributed by atoms with Gasteiger partial charge in [0.25, 0.3) is 5.56 Å². The molecule has 5 aromatic rings. The lowest BCUT2D eigenvalue weighted by Crippen LogP contribution is -2.27. The molecule has 1 unspecified atom stereocenters. The summed E-state index contributed by atoms with van der Waals surface area (Å²) in [6.07, 6.45) is 0. The molecule has 0 amide bonds. The highest BCUT2D eigenvalue weighted by molar-refractivity contribution is 14.1. The van der Waals surface area contributed by atoms with Crippen molar-refractivity contribution in [2.45, 2.75) is 13.0 Å². The largest absolute Gasteiger partial charge is 0.418 e. The first-order valence-electron chi connectivity index (χ1n) is 9.88. The van der Waals surface area contributed by atoms with Crippen LogP contribution in [-0.4, -0.2) is 19.7 Å². The van der Waals surface area contributed by atoms with Gasteiger partial charge in [-0.3, -0.25) is 9.36 Å². The van der Waals surface area contributed by atoms with Gasteiger partial charge in [0.15, 0.2) is 0 Å². The molecule has 158 valence electrons. The third-order valence-electron chi connectivity index (χ3n) is 5.17. The van der Waals surface area contributed by atoms with Gasteiger partial charge in [-0.1, -0.05) is 29.8 Å². The van der Waals surface area contributed by atoms with Crippen LogP contribution in [0.1, 0.15) is 18.9 Å². The molecule has 0 saturated carbocycles. The fourth-order valence-electron chi connectivity index (χ4n) is 3.54. The Kier molecular flexibility index (Phi) is 5.52. The second-order valence-corrected chi connectivity index (χ2v) is 8.95. The minimum atomic E-state index is -0.534. The summed E-state index contributed by atoms with van der Waals surface area (Å²) in [5.74, 6) is 1.23. The summed E-state index contributed by atoms with van der Waals surface area (Å²) in [5.41, 5.74) is 2.03. The van der Waals surface area contributed by atoms with Gasteiger partial charge < -0.3 is 4.42 Å². The molecule has 0 aliphatic carbocycles. The first-order chi connectivity index (χ1) is 15.5. The molecule has 0 saturated heterocycles. The molecule has 1 atom stereocenters. The van der Waals surface area contributed by atoms with Gasteiger partial charge in [-0.15, -0.1) is 10.2 Å². The van der Waals surface area contributed by atoms with Crippen molar-refractivity contribution in [2.75, 3.05) is 0 Å². The van der Waals surface area contributed by atoms with Gasteiger partial charge in [-0.25, -0.2) is 4.98 Å². The monoisotopic (exact) mass is 554 g/mol. The SMILES string of the molecule is CC(c1nnc(-c2ccccc2)o1)n1c(-c2ccc(Cl)cc2)nc2ccc(I)cc2c1=O. The lowest BCUT2D eigenvalue weighted by Gasteiger charge is -2.18. The van der Waals surface area contributed by atoms with Crippen molar-refractivity contribution < 1.29 is 4.42 Å². The van der Waals surface area contributed by atoms with Crippen LogP contribution in [0.5, 0.6) is 0 Å². The topological polar surface area (TPSA) is 73.8 Å². The highest BCUT2D eigenvalue weighted by Crippen LogP contribution is 2.28. The van der Waals surface area contributed by atoms with Crippen molar-refractivity contribution in [3.05, 3.63) is 97.6 Å². The van der Waals surface area contributed by atoms with Crippen molar-refractivity contribution in [1.29, 1.82) is 0 Å². The minimum Gasteiger partial charge on any atom is -0.418 e. The van der Waals surface area contributed by atoms with Crippen molar-refractivity contribution >= 4 is 45.1 Å². The number of rotatable bonds is 4. The Labute approximate surface area is 202 Å².